The topological polar surface area (TPSA) is 25.8 Å². The number of halogens is 3. The van der Waals surface area contributed by atoms with Crippen LogP contribution in [0.25, 0.3) is 22.2 Å². The van der Waals surface area contributed by atoms with Gasteiger partial charge < -0.3 is 0 Å². The number of pyridine rings is 2. The van der Waals surface area contributed by atoms with Crippen molar-refractivity contribution < 1.29 is 13.2 Å². The van der Waals surface area contributed by atoms with E-state index in [1.165, 1.54) is 12.1 Å². The van der Waals surface area contributed by atoms with Crippen molar-refractivity contribution in [1.29, 1.82) is 0 Å². The van der Waals surface area contributed by atoms with Gasteiger partial charge in [0, 0.05) is 28.9 Å². The van der Waals surface area contributed by atoms with Crippen molar-refractivity contribution >= 4 is 10.9 Å². The number of aryl methyl sites for hydroxylation is 1. The van der Waals surface area contributed by atoms with E-state index in [4.69, 9.17) is 0 Å². The SMILES string of the molecule is Cc1ccc(-c2ccc3c(F)c(F)cc(F)c3n2)cn1. The summed E-state index contributed by atoms with van der Waals surface area (Å²) >= 11 is 0. The Hall–Kier alpha value is -2.43. The minimum Gasteiger partial charge on any atom is -0.261 e. The Morgan fingerprint density at radius 2 is 1.75 bits per heavy atom. The molecule has 0 radical (unpaired) electrons. The van der Waals surface area contributed by atoms with Gasteiger partial charge in [-0.15, -0.1) is 0 Å². The summed E-state index contributed by atoms with van der Waals surface area (Å²) in [5.74, 6) is -3.20. The van der Waals surface area contributed by atoms with Gasteiger partial charge in [0.25, 0.3) is 0 Å². The molecule has 2 nitrogen and oxygen atoms in total. The third kappa shape index (κ3) is 2.01. The molecule has 5 heteroatoms. The Morgan fingerprint density at radius 3 is 2.45 bits per heavy atom. The molecule has 0 aliphatic rings. The van der Waals surface area contributed by atoms with Crippen LogP contribution >= 0.6 is 0 Å². The van der Waals surface area contributed by atoms with E-state index in [2.05, 4.69) is 9.97 Å². The summed E-state index contributed by atoms with van der Waals surface area (Å²) < 4.78 is 40.4. The molecule has 0 atom stereocenters. The Morgan fingerprint density at radius 1 is 0.950 bits per heavy atom. The van der Waals surface area contributed by atoms with E-state index >= 15 is 0 Å². The van der Waals surface area contributed by atoms with Crippen LogP contribution in [0.5, 0.6) is 0 Å². The molecule has 1 aromatic carbocycles. The maximum atomic E-state index is 13.7. The average Bonchev–Trinajstić information content (AvgIpc) is 2.45. The van der Waals surface area contributed by atoms with E-state index < -0.39 is 17.5 Å². The molecule has 0 aliphatic heterocycles. The van der Waals surface area contributed by atoms with Gasteiger partial charge >= 0.3 is 0 Å². The maximum absolute atomic E-state index is 13.7. The largest absolute Gasteiger partial charge is 0.261 e. The number of hydrogen-bond acceptors (Lipinski definition) is 2. The molecule has 2 heterocycles. The minimum atomic E-state index is -1.22. The van der Waals surface area contributed by atoms with Crippen LogP contribution in [-0.2, 0) is 0 Å². The van der Waals surface area contributed by atoms with Gasteiger partial charge in [0.05, 0.1) is 5.69 Å². The maximum Gasteiger partial charge on any atom is 0.168 e. The van der Waals surface area contributed by atoms with Gasteiger partial charge in [-0.2, -0.15) is 0 Å². The summed E-state index contributed by atoms with van der Waals surface area (Å²) in [5, 5.41) is -0.175. The van der Waals surface area contributed by atoms with Crippen LogP contribution in [0.2, 0.25) is 0 Å². The quantitative estimate of drug-likeness (QED) is 0.626. The van der Waals surface area contributed by atoms with Gasteiger partial charge in [0.2, 0.25) is 0 Å². The van der Waals surface area contributed by atoms with Crippen LogP contribution in [0.1, 0.15) is 5.69 Å². The van der Waals surface area contributed by atoms with Crippen molar-refractivity contribution in [3.63, 3.8) is 0 Å². The Balaban J connectivity index is 2.23. The molecule has 0 unspecified atom stereocenters. The van der Waals surface area contributed by atoms with Crippen LogP contribution < -0.4 is 0 Å². The second kappa shape index (κ2) is 4.59. The molecule has 0 N–H and O–H groups in total. The van der Waals surface area contributed by atoms with Crippen LogP contribution in [0.4, 0.5) is 13.2 Å². The molecule has 0 bridgehead atoms. The molecule has 100 valence electrons. The smallest absolute Gasteiger partial charge is 0.168 e. The highest BCUT2D eigenvalue weighted by atomic mass is 19.2. The van der Waals surface area contributed by atoms with Gasteiger partial charge in [0.15, 0.2) is 17.5 Å². The summed E-state index contributed by atoms with van der Waals surface area (Å²) in [6.07, 6.45) is 1.60. The standard InChI is InChI=1S/C15H9F3N2/c1-8-2-3-9(7-19-8)13-5-4-10-14(18)11(16)6-12(17)15(10)20-13/h2-7H,1H3. The Labute approximate surface area is 112 Å². The second-order valence-corrected chi connectivity index (χ2v) is 4.44. The zero-order valence-corrected chi connectivity index (χ0v) is 10.5. The molecule has 2 aromatic heterocycles. The highest BCUT2D eigenvalue weighted by molar-refractivity contribution is 5.82. The molecule has 0 fully saturated rings. The molecular formula is C15H9F3N2. The number of hydrogen-bond donors (Lipinski definition) is 0. The van der Waals surface area contributed by atoms with Gasteiger partial charge in [-0.25, -0.2) is 18.2 Å². The number of fused-ring (bicyclic) bond motifs is 1. The summed E-state index contributed by atoms with van der Waals surface area (Å²) in [7, 11) is 0. The molecule has 3 aromatic rings. The zero-order valence-electron chi connectivity index (χ0n) is 10.5. The van der Waals surface area contributed by atoms with Gasteiger partial charge in [-0.05, 0) is 31.2 Å². The first-order valence-corrected chi connectivity index (χ1v) is 5.93. The minimum absolute atomic E-state index is 0.175. The fourth-order valence-electron chi connectivity index (χ4n) is 1.97. The lowest BCUT2D eigenvalue weighted by atomic mass is 10.1. The van der Waals surface area contributed by atoms with Crippen molar-refractivity contribution in [3.05, 3.63) is 59.7 Å². The van der Waals surface area contributed by atoms with E-state index in [1.807, 2.05) is 6.92 Å². The number of rotatable bonds is 1. The van der Waals surface area contributed by atoms with E-state index in [-0.39, 0.29) is 10.9 Å². The predicted octanol–water partition coefficient (Wildman–Crippen LogP) is 4.02. The molecule has 0 saturated carbocycles. The Kier molecular flexibility index (Phi) is 2.89. The van der Waals surface area contributed by atoms with Crippen LogP contribution in [0.3, 0.4) is 0 Å². The number of aromatic nitrogens is 2. The molecule has 0 aliphatic carbocycles. The molecule has 20 heavy (non-hydrogen) atoms. The molecule has 0 spiro atoms. The summed E-state index contributed by atoms with van der Waals surface area (Å²) in [6.45, 7) is 1.84. The lowest BCUT2D eigenvalue weighted by Gasteiger charge is -2.05. The Bertz CT molecular complexity index is 798. The molecule has 3 rings (SSSR count). The first kappa shape index (κ1) is 12.6. The number of nitrogens with zero attached hydrogens (tertiary/aromatic N) is 2. The average molecular weight is 274 g/mol. The fraction of sp³-hybridized carbons (Fsp3) is 0.0667. The van der Waals surface area contributed by atoms with Crippen molar-refractivity contribution in [2.45, 2.75) is 6.92 Å². The molecule has 0 saturated heterocycles. The molecule has 0 amide bonds. The third-order valence-electron chi connectivity index (χ3n) is 3.03. The van der Waals surface area contributed by atoms with Crippen molar-refractivity contribution in [2.75, 3.05) is 0 Å². The van der Waals surface area contributed by atoms with Gasteiger partial charge in [-0.3, -0.25) is 4.98 Å². The zero-order chi connectivity index (χ0) is 14.3. The first-order chi connectivity index (χ1) is 9.56. The highest BCUT2D eigenvalue weighted by Gasteiger charge is 2.14. The van der Waals surface area contributed by atoms with E-state index in [1.54, 1.807) is 18.3 Å². The first-order valence-electron chi connectivity index (χ1n) is 5.93. The lowest BCUT2D eigenvalue weighted by molar-refractivity contribution is 0.505. The van der Waals surface area contributed by atoms with E-state index in [0.717, 1.165) is 5.69 Å². The van der Waals surface area contributed by atoms with E-state index in [0.29, 0.717) is 17.3 Å². The number of benzene rings is 1. The van der Waals surface area contributed by atoms with Crippen LogP contribution in [0.15, 0.2) is 36.5 Å². The van der Waals surface area contributed by atoms with Crippen LogP contribution in [0, 0.1) is 24.4 Å². The highest BCUT2D eigenvalue weighted by Crippen LogP contribution is 2.25. The summed E-state index contributed by atoms with van der Waals surface area (Å²) in [4.78, 5) is 8.18. The summed E-state index contributed by atoms with van der Waals surface area (Å²) in [6, 6.07) is 6.91. The van der Waals surface area contributed by atoms with Crippen LogP contribution in [-0.4, -0.2) is 9.97 Å². The van der Waals surface area contributed by atoms with Gasteiger partial charge in [0.1, 0.15) is 5.52 Å². The monoisotopic (exact) mass is 274 g/mol. The van der Waals surface area contributed by atoms with Gasteiger partial charge in [-0.1, -0.05) is 0 Å². The van der Waals surface area contributed by atoms with Crippen molar-refractivity contribution in [2.24, 2.45) is 0 Å². The van der Waals surface area contributed by atoms with Crippen molar-refractivity contribution in [1.82, 2.24) is 9.97 Å². The second-order valence-electron chi connectivity index (χ2n) is 4.44. The third-order valence-corrected chi connectivity index (χ3v) is 3.03. The lowest BCUT2D eigenvalue weighted by Crippen LogP contribution is -1.95. The normalized spacial score (nSPS) is 11.0. The predicted molar refractivity (Wildman–Crippen MR) is 69.6 cm³/mol. The summed E-state index contributed by atoms with van der Waals surface area (Å²) in [5.41, 5.74) is 1.78. The fourth-order valence-corrected chi connectivity index (χ4v) is 1.97. The van der Waals surface area contributed by atoms with Crippen molar-refractivity contribution in [3.8, 4) is 11.3 Å². The van der Waals surface area contributed by atoms with E-state index in [9.17, 15) is 13.2 Å². The molecular weight excluding hydrogens is 265 g/mol.